The van der Waals surface area contributed by atoms with E-state index in [1.165, 1.54) is 199 Å². The molecule has 0 aliphatic carbocycles. The zero-order chi connectivity index (χ0) is 50.7. The summed E-state index contributed by atoms with van der Waals surface area (Å²) in [6, 6.07) is 0. The topological polar surface area (TPSA) is 78.9 Å². The summed E-state index contributed by atoms with van der Waals surface area (Å²) in [5.41, 5.74) is 0. The van der Waals surface area contributed by atoms with Crippen LogP contribution in [0.1, 0.15) is 323 Å². The third-order valence-electron chi connectivity index (χ3n) is 13.6. The Morgan fingerprint density at radius 2 is 0.557 bits per heavy atom. The van der Waals surface area contributed by atoms with Crippen LogP contribution in [0.5, 0.6) is 0 Å². The van der Waals surface area contributed by atoms with Crippen LogP contribution in [0.3, 0.4) is 0 Å². The van der Waals surface area contributed by atoms with Gasteiger partial charge in [-0.25, -0.2) is 0 Å². The number of unbranched alkanes of at least 4 members (excludes halogenated alkanes) is 37. The monoisotopic (exact) mass is 981 g/mol. The summed E-state index contributed by atoms with van der Waals surface area (Å²) < 4.78 is 16.9. The molecule has 408 valence electrons. The fourth-order valence-corrected chi connectivity index (χ4v) is 9.02. The lowest BCUT2D eigenvalue weighted by Gasteiger charge is -2.18. The number of hydrogen-bond donors (Lipinski definition) is 0. The molecular formula is C64H116O6. The molecule has 0 amide bonds. The molecular weight excluding hydrogens is 865 g/mol. The van der Waals surface area contributed by atoms with Gasteiger partial charge >= 0.3 is 17.9 Å². The van der Waals surface area contributed by atoms with Crippen molar-refractivity contribution in [1.82, 2.24) is 0 Å². The van der Waals surface area contributed by atoms with E-state index in [4.69, 9.17) is 14.2 Å². The molecule has 0 bridgehead atoms. The second-order valence-electron chi connectivity index (χ2n) is 20.6. The second-order valence-corrected chi connectivity index (χ2v) is 20.6. The minimum Gasteiger partial charge on any atom is -0.462 e. The fourth-order valence-electron chi connectivity index (χ4n) is 9.02. The molecule has 0 saturated carbocycles. The van der Waals surface area contributed by atoms with Crippen LogP contribution in [0.25, 0.3) is 0 Å². The van der Waals surface area contributed by atoms with Gasteiger partial charge in [0.2, 0.25) is 0 Å². The number of carbonyl (C=O) groups excluding carboxylic acids is 3. The first-order chi connectivity index (χ1) is 34.5. The third-order valence-corrected chi connectivity index (χ3v) is 13.6. The number of hydrogen-bond acceptors (Lipinski definition) is 6. The maximum absolute atomic E-state index is 12.9. The van der Waals surface area contributed by atoms with Crippen molar-refractivity contribution < 1.29 is 28.6 Å². The van der Waals surface area contributed by atoms with Gasteiger partial charge in [-0.2, -0.15) is 0 Å². The van der Waals surface area contributed by atoms with E-state index >= 15 is 0 Å². The first-order valence-corrected chi connectivity index (χ1v) is 30.6. The van der Waals surface area contributed by atoms with Gasteiger partial charge < -0.3 is 14.2 Å². The molecule has 1 unspecified atom stereocenters. The van der Waals surface area contributed by atoms with Crippen molar-refractivity contribution >= 4 is 17.9 Å². The van der Waals surface area contributed by atoms with Crippen LogP contribution in [0.15, 0.2) is 48.6 Å². The van der Waals surface area contributed by atoms with Crippen molar-refractivity contribution in [2.24, 2.45) is 0 Å². The van der Waals surface area contributed by atoms with Crippen LogP contribution in [0.2, 0.25) is 0 Å². The molecule has 0 aliphatic heterocycles. The maximum Gasteiger partial charge on any atom is 0.306 e. The Balaban J connectivity index is 4.36. The quantitative estimate of drug-likeness (QED) is 0.0261. The number of esters is 3. The van der Waals surface area contributed by atoms with Crippen LogP contribution in [-0.2, 0) is 28.6 Å². The van der Waals surface area contributed by atoms with Gasteiger partial charge in [0.15, 0.2) is 6.10 Å². The van der Waals surface area contributed by atoms with Crippen molar-refractivity contribution in [2.45, 2.75) is 329 Å². The van der Waals surface area contributed by atoms with Gasteiger partial charge in [0.1, 0.15) is 13.2 Å². The molecule has 0 fully saturated rings. The number of rotatable bonds is 56. The van der Waals surface area contributed by atoms with Gasteiger partial charge in [-0.15, -0.1) is 0 Å². The predicted molar refractivity (Wildman–Crippen MR) is 302 cm³/mol. The van der Waals surface area contributed by atoms with Crippen LogP contribution in [0.4, 0.5) is 0 Å². The van der Waals surface area contributed by atoms with E-state index in [-0.39, 0.29) is 31.1 Å². The Bertz CT molecular complexity index is 1220. The zero-order valence-electron chi connectivity index (χ0n) is 46.8. The molecule has 6 heteroatoms. The Morgan fingerprint density at radius 1 is 0.300 bits per heavy atom. The van der Waals surface area contributed by atoms with Crippen LogP contribution >= 0.6 is 0 Å². The van der Waals surface area contributed by atoms with E-state index < -0.39 is 6.10 Å². The molecule has 0 radical (unpaired) electrons. The summed E-state index contributed by atoms with van der Waals surface area (Å²) in [7, 11) is 0. The summed E-state index contributed by atoms with van der Waals surface area (Å²) in [6.45, 7) is 6.55. The smallest absolute Gasteiger partial charge is 0.306 e. The third kappa shape index (κ3) is 56.3. The van der Waals surface area contributed by atoms with E-state index in [1.54, 1.807) is 0 Å². The maximum atomic E-state index is 12.9. The summed E-state index contributed by atoms with van der Waals surface area (Å²) >= 11 is 0. The lowest BCUT2D eigenvalue weighted by atomic mass is 10.0. The van der Waals surface area contributed by atoms with E-state index in [1.807, 2.05) is 0 Å². The van der Waals surface area contributed by atoms with Crippen LogP contribution in [0, 0.1) is 0 Å². The number of allylic oxidation sites excluding steroid dienone is 8. The lowest BCUT2D eigenvalue weighted by Crippen LogP contribution is -2.30. The summed E-state index contributed by atoms with van der Waals surface area (Å²) in [5, 5.41) is 0. The summed E-state index contributed by atoms with van der Waals surface area (Å²) in [6.07, 6.45) is 72.6. The summed E-state index contributed by atoms with van der Waals surface area (Å²) in [4.78, 5) is 38.2. The highest BCUT2D eigenvalue weighted by Gasteiger charge is 2.19. The Labute approximate surface area is 435 Å². The molecule has 70 heavy (non-hydrogen) atoms. The van der Waals surface area contributed by atoms with E-state index in [0.717, 1.165) is 83.5 Å². The van der Waals surface area contributed by atoms with Crippen molar-refractivity contribution in [3.63, 3.8) is 0 Å². The van der Waals surface area contributed by atoms with Gasteiger partial charge in [-0.1, -0.05) is 294 Å². The van der Waals surface area contributed by atoms with Crippen molar-refractivity contribution in [3.8, 4) is 0 Å². The molecule has 0 aromatic rings. The molecule has 0 saturated heterocycles. The Morgan fingerprint density at radius 3 is 0.871 bits per heavy atom. The van der Waals surface area contributed by atoms with Gasteiger partial charge in [0, 0.05) is 19.3 Å². The SMILES string of the molecule is CC/C=C\C/C=C\C/C=C\C/C=C\CCCCC(=O)OCC(COC(=O)CCCCCCCCCCCCCCCCCCCCC)OC(=O)CCCCCCCCCCCCCCCCCCCC. The first kappa shape index (κ1) is 67.4. The Kier molecular flexibility index (Phi) is 56.7. The number of carbonyl (C=O) groups is 3. The van der Waals surface area contributed by atoms with Crippen molar-refractivity contribution in [2.75, 3.05) is 13.2 Å². The minimum absolute atomic E-state index is 0.0814. The normalized spacial score (nSPS) is 12.3. The predicted octanol–water partition coefficient (Wildman–Crippen LogP) is 20.6. The number of ether oxygens (including phenoxy) is 3. The fraction of sp³-hybridized carbons (Fsp3) is 0.828. The largest absolute Gasteiger partial charge is 0.462 e. The van der Waals surface area contributed by atoms with Gasteiger partial charge in [0.25, 0.3) is 0 Å². The van der Waals surface area contributed by atoms with E-state index in [0.29, 0.717) is 19.3 Å². The van der Waals surface area contributed by atoms with Crippen molar-refractivity contribution in [3.05, 3.63) is 48.6 Å². The van der Waals surface area contributed by atoms with E-state index in [9.17, 15) is 14.4 Å². The molecule has 0 heterocycles. The lowest BCUT2D eigenvalue weighted by molar-refractivity contribution is -0.167. The highest BCUT2D eigenvalue weighted by Crippen LogP contribution is 2.17. The molecule has 0 aromatic carbocycles. The molecule has 0 rings (SSSR count). The summed E-state index contributed by atoms with van der Waals surface area (Å²) in [5.74, 6) is -0.904. The highest BCUT2D eigenvalue weighted by molar-refractivity contribution is 5.71. The zero-order valence-corrected chi connectivity index (χ0v) is 46.8. The van der Waals surface area contributed by atoms with Gasteiger partial charge in [-0.05, 0) is 57.8 Å². The first-order valence-electron chi connectivity index (χ1n) is 30.6. The molecule has 1 atom stereocenters. The molecule has 0 N–H and O–H groups in total. The standard InChI is InChI=1S/C64H116O6/c1-4-7-10-13-16-19-22-25-28-30-32-34-36-39-42-45-48-51-54-57-63(66)69-60-61(59-68-62(65)56-53-50-47-44-41-38-35-27-24-21-18-15-12-9-6-3)70-64(67)58-55-52-49-46-43-40-37-33-31-29-26-23-20-17-14-11-8-5-2/h9,12,18,21,27,35,41,44,61H,4-8,10-11,13-17,19-20,22-26,28-34,36-40,42-43,45-60H2,1-3H3/b12-9-,21-18-,35-27-,44-41-. The minimum atomic E-state index is -0.787. The van der Waals surface area contributed by atoms with Gasteiger partial charge in [0.05, 0.1) is 0 Å². The van der Waals surface area contributed by atoms with Crippen LogP contribution < -0.4 is 0 Å². The molecule has 0 spiro atoms. The second kappa shape index (κ2) is 58.9. The van der Waals surface area contributed by atoms with Crippen molar-refractivity contribution in [1.29, 1.82) is 0 Å². The average molecular weight is 982 g/mol. The molecule has 6 nitrogen and oxygen atoms in total. The molecule has 0 aliphatic rings. The average Bonchev–Trinajstić information content (AvgIpc) is 3.36. The Hall–Kier alpha value is -2.63. The van der Waals surface area contributed by atoms with Gasteiger partial charge in [-0.3, -0.25) is 14.4 Å². The molecule has 0 aromatic heterocycles. The highest BCUT2D eigenvalue weighted by atomic mass is 16.6. The van der Waals surface area contributed by atoms with Crippen LogP contribution in [-0.4, -0.2) is 37.2 Å². The van der Waals surface area contributed by atoms with E-state index in [2.05, 4.69) is 69.4 Å².